The van der Waals surface area contributed by atoms with Crippen molar-refractivity contribution >= 4 is 17.8 Å². The number of hydrogen-bond donors (Lipinski definition) is 4. The second kappa shape index (κ2) is 14.6. The van der Waals surface area contributed by atoms with E-state index in [-0.39, 0.29) is 17.9 Å². The van der Waals surface area contributed by atoms with Crippen molar-refractivity contribution in [3.8, 4) is 0 Å². The van der Waals surface area contributed by atoms with Gasteiger partial charge in [-0.1, -0.05) is 103 Å². The third kappa shape index (κ3) is 8.92. The molecule has 2 aliphatic carbocycles. The number of hydrogen-bond acceptors (Lipinski definition) is 5. The summed E-state index contributed by atoms with van der Waals surface area (Å²) in [6.45, 7) is 18.7. The van der Waals surface area contributed by atoms with Crippen molar-refractivity contribution in [3.05, 3.63) is 72.7 Å². The molecule has 45 heavy (non-hydrogen) atoms. The van der Waals surface area contributed by atoms with E-state index in [0.29, 0.717) is 61.8 Å². The Morgan fingerprint density at radius 3 is 2.27 bits per heavy atom. The summed E-state index contributed by atoms with van der Waals surface area (Å²) in [4.78, 5) is 43.0. The van der Waals surface area contributed by atoms with Crippen LogP contribution < -0.4 is 21.7 Å². The smallest absolute Gasteiger partial charge is 0.316 e. The summed E-state index contributed by atoms with van der Waals surface area (Å²) >= 11 is 0. The summed E-state index contributed by atoms with van der Waals surface area (Å²) in [6, 6.07) is 7.61. The van der Waals surface area contributed by atoms with Gasteiger partial charge in [0.1, 0.15) is 24.4 Å². The predicted octanol–water partition coefficient (Wildman–Crippen LogP) is 5.44. The van der Waals surface area contributed by atoms with Gasteiger partial charge in [0.2, 0.25) is 11.8 Å². The van der Waals surface area contributed by atoms with Gasteiger partial charge in [-0.2, -0.15) is 0 Å². The molecule has 3 unspecified atom stereocenters. The first-order valence-electron chi connectivity index (χ1n) is 16.5. The first-order chi connectivity index (χ1) is 21.3. The zero-order valence-electron chi connectivity index (χ0n) is 27.5. The molecule has 9 heteroatoms. The van der Waals surface area contributed by atoms with Gasteiger partial charge in [-0.05, 0) is 54.6 Å². The zero-order valence-corrected chi connectivity index (χ0v) is 27.5. The number of nitrogens with one attached hydrogen (secondary N) is 3. The Kier molecular flexibility index (Phi) is 11.0. The minimum atomic E-state index is -0.855. The fourth-order valence-corrected chi connectivity index (χ4v) is 6.48. The fourth-order valence-electron chi connectivity index (χ4n) is 6.48. The van der Waals surface area contributed by atoms with Gasteiger partial charge in [0, 0.05) is 12.2 Å². The zero-order chi connectivity index (χ0) is 32.8. The summed E-state index contributed by atoms with van der Waals surface area (Å²) in [7, 11) is 0. The van der Waals surface area contributed by atoms with Gasteiger partial charge >= 0.3 is 6.03 Å². The Hall–Kier alpha value is -3.75. The first kappa shape index (κ1) is 34.1. The molecular weight excluding hydrogens is 566 g/mol. The monoisotopic (exact) mass is 619 g/mol. The Balaban J connectivity index is 1.44. The number of nitrogens with zero attached hydrogens (tertiary/aromatic N) is 1. The molecule has 3 aliphatic rings. The molecule has 1 saturated heterocycles. The second-order valence-corrected chi connectivity index (χ2v) is 14.2. The number of carbonyl (C=O) groups excluding carboxylic acids is 3. The SMILES string of the molecule is C=C(N)C(=C)C(CC1CC1)NC(=O)C1CCCN1C(=O)C(NC(=O)NC1(C(=C)OCc2ccccc2)CCCCC1)C(C)(C)C. The molecule has 0 radical (unpaired) electrons. The summed E-state index contributed by atoms with van der Waals surface area (Å²) < 4.78 is 6.13. The molecule has 1 heterocycles. The van der Waals surface area contributed by atoms with Gasteiger partial charge < -0.3 is 31.3 Å². The van der Waals surface area contributed by atoms with Crippen LogP contribution in [0.25, 0.3) is 0 Å². The highest BCUT2D eigenvalue weighted by molar-refractivity contribution is 5.93. The lowest BCUT2D eigenvalue weighted by molar-refractivity contribution is -0.142. The van der Waals surface area contributed by atoms with Crippen molar-refractivity contribution in [2.75, 3.05) is 6.54 Å². The number of carbonyl (C=O) groups is 3. The van der Waals surface area contributed by atoms with Crippen LogP contribution >= 0.6 is 0 Å². The van der Waals surface area contributed by atoms with E-state index in [2.05, 4.69) is 35.7 Å². The van der Waals surface area contributed by atoms with Crippen LogP contribution in [-0.2, 0) is 20.9 Å². The molecular formula is C36H53N5O4. The molecule has 1 aromatic carbocycles. The molecule has 4 amide bonds. The van der Waals surface area contributed by atoms with Crippen LogP contribution in [0.1, 0.15) is 90.5 Å². The van der Waals surface area contributed by atoms with Crippen molar-refractivity contribution in [2.45, 2.75) is 115 Å². The maximum absolute atomic E-state index is 14.1. The van der Waals surface area contributed by atoms with E-state index in [0.717, 1.165) is 44.1 Å². The van der Waals surface area contributed by atoms with Crippen molar-refractivity contribution in [3.63, 3.8) is 0 Å². The van der Waals surface area contributed by atoms with E-state index >= 15 is 0 Å². The van der Waals surface area contributed by atoms with Crippen LogP contribution in [-0.4, -0.2) is 53.0 Å². The lowest BCUT2D eigenvalue weighted by atomic mass is 9.80. The molecule has 0 aromatic heterocycles. The van der Waals surface area contributed by atoms with E-state index in [4.69, 9.17) is 10.5 Å². The van der Waals surface area contributed by atoms with Crippen LogP contribution in [0.15, 0.2) is 67.1 Å². The summed E-state index contributed by atoms with van der Waals surface area (Å²) in [6.07, 6.45) is 8.62. The van der Waals surface area contributed by atoms with Gasteiger partial charge in [0.05, 0.1) is 11.6 Å². The van der Waals surface area contributed by atoms with Crippen LogP contribution in [0.2, 0.25) is 0 Å². The molecule has 4 rings (SSSR count). The molecule has 1 aliphatic heterocycles. The first-order valence-corrected chi connectivity index (χ1v) is 16.5. The van der Waals surface area contributed by atoms with Crippen molar-refractivity contribution < 1.29 is 19.1 Å². The molecule has 9 nitrogen and oxygen atoms in total. The van der Waals surface area contributed by atoms with E-state index in [1.165, 1.54) is 0 Å². The van der Waals surface area contributed by atoms with Crippen LogP contribution in [0.3, 0.4) is 0 Å². The van der Waals surface area contributed by atoms with E-state index in [9.17, 15) is 14.4 Å². The van der Waals surface area contributed by atoms with Crippen molar-refractivity contribution in [1.29, 1.82) is 0 Å². The highest BCUT2D eigenvalue weighted by Crippen LogP contribution is 2.36. The number of urea groups is 1. The maximum atomic E-state index is 14.1. The fraction of sp³-hybridized carbons (Fsp3) is 0.583. The molecule has 0 spiro atoms. The third-order valence-corrected chi connectivity index (χ3v) is 9.49. The molecule has 1 aromatic rings. The Morgan fingerprint density at radius 2 is 1.67 bits per heavy atom. The Bertz CT molecular complexity index is 1260. The van der Waals surface area contributed by atoms with E-state index in [1.807, 2.05) is 51.1 Å². The Labute approximate surface area is 269 Å². The topological polar surface area (TPSA) is 126 Å². The lowest BCUT2D eigenvalue weighted by Crippen LogP contribution is -2.62. The quantitative estimate of drug-likeness (QED) is 0.173. The van der Waals surface area contributed by atoms with Gasteiger partial charge in [-0.3, -0.25) is 9.59 Å². The number of benzene rings is 1. The molecule has 246 valence electrons. The van der Waals surface area contributed by atoms with Gasteiger partial charge in [0.25, 0.3) is 0 Å². The molecule has 0 bridgehead atoms. The van der Waals surface area contributed by atoms with Gasteiger partial charge in [-0.25, -0.2) is 4.79 Å². The molecule has 3 fully saturated rings. The average Bonchev–Trinajstić information content (AvgIpc) is 3.68. The van der Waals surface area contributed by atoms with Crippen LogP contribution in [0.4, 0.5) is 4.79 Å². The number of amides is 4. The van der Waals surface area contributed by atoms with Gasteiger partial charge in [0.15, 0.2) is 0 Å². The predicted molar refractivity (Wildman–Crippen MR) is 178 cm³/mol. The highest BCUT2D eigenvalue weighted by Gasteiger charge is 2.44. The molecule has 5 N–H and O–H groups in total. The Morgan fingerprint density at radius 1 is 1.00 bits per heavy atom. The number of nitrogens with two attached hydrogens (primary N) is 1. The molecule has 2 saturated carbocycles. The normalized spacial score (nSPS) is 20.8. The van der Waals surface area contributed by atoms with E-state index < -0.39 is 29.1 Å². The summed E-state index contributed by atoms with van der Waals surface area (Å²) in [5.41, 5.74) is 6.59. The maximum Gasteiger partial charge on any atom is 0.316 e. The van der Waals surface area contributed by atoms with E-state index in [1.54, 1.807) is 4.90 Å². The summed E-state index contributed by atoms with van der Waals surface area (Å²) in [5.74, 6) is 0.568. The third-order valence-electron chi connectivity index (χ3n) is 9.49. The van der Waals surface area contributed by atoms with Crippen LogP contribution in [0, 0.1) is 11.3 Å². The number of likely N-dealkylation sites (tertiary alicyclic amines) is 1. The highest BCUT2D eigenvalue weighted by atomic mass is 16.5. The minimum Gasteiger partial charge on any atom is -0.491 e. The second-order valence-electron chi connectivity index (χ2n) is 14.2. The molecule has 3 atom stereocenters. The number of ether oxygens (including phenoxy) is 1. The van der Waals surface area contributed by atoms with Crippen molar-refractivity contribution in [2.24, 2.45) is 17.1 Å². The summed E-state index contributed by atoms with van der Waals surface area (Å²) in [5, 5.41) is 9.27. The van der Waals surface area contributed by atoms with Crippen molar-refractivity contribution in [1.82, 2.24) is 20.9 Å². The number of rotatable bonds is 13. The lowest BCUT2D eigenvalue weighted by Gasteiger charge is -2.40. The minimum absolute atomic E-state index is 0.223. The largest absolute Gasteiger partial charge is 0.491 e. The average molecular weight is 620 g/mol. The van der Waals surface area contributed by atoms with Crippen LogP contribution in [0.5, 0.6) is 0 Å². The standard InChI is InChI=1S/C36H53N5O4/c1-24(25(2)37)29(22-27-17-18-27)38-32(42)30-16-13-21-41(30)33(43)31(35(4,5)6)39-34(44)40-36(19-11-8-12-20-36)26(3)45-23-28-14-9-7-10-15-28/h7,9-10,14-15,27,29-31H,1-3,8,11-13,16-23,37H2,4-6H3,(H,38,42)(H2,39,40,44). The van der Waals surface area contributed by atoms with Gasteiger partial charge in [-0.15, -0.1) is 0 Å².